The zero-order valence-electron chi connectivity index (χ0n) is 11.6. The molecule has 102 valence electrons. The van der Waals surface area contributed by atoms with Crippen molar-refractivity contribution in [1.82, 2.24) is 4.57 Å². The zero-order chi connectivity index (χ0) is 14.3. The minimum absolute atomic E-state index is 0.0375. The zero-order valence-corrected chi connectivity index (χ0v) is 11.6. The molecule has 0 aliphatic rings. The number of aryl methyl sites for hydroxylation is 1. The van der Waals surface area contributed by atoms with Gasteiger partial charge in [0.1, 0.15) is 11.5 Å². The Morgan fingerprint density at radius 3 is 2.30 bits per heavy atom. The van der Waals surface area contributed by atoms with Gasteiger partial charge in [-0.05, 0) is 24.3 Å². The van der Waals surface area contributed by atoms with Crippen molar-refractivity contribution in [1.29, 1.82) is 0 Å². The molecule has 0 amide bonds. The molecular formula is C16H15NO3. The number of ether oxygens (including phenoxy) is 2. The Kier molecular flexibility index (Phi) is 2.86. The number of para-hydroxylation sites is 1. The van der Waals surface area contributed by atoms with Gasteiger partial charge in [0.2, 0.25) is 5.43 Å². The van der Waals surface area contributed by atoms with Crippen molar-refractivity contribution in [3.8, 4) is 11.5 Å². The number of rotatable bonds is 2. The van der Waals surface area contributed by atoms with Crippen molar-refractivity contribution < 1.29 is 9.47 Å². The molecule has 0 fully saturated rings. The maximum absolute atomic E-state index is 12.7. The van der Waals surface area contributed by atoms with E-state index in [9.17, 15) is 4.79 Å². The number of pyridine rings is 1. The lowest BCUT2D eigenvalue weighted by Gasteiger charge is -2.14. The summed E-state index contributed by atoms with van der Waals surface area (Å²) in [6.45, 7) is 0. The summed E-state index contributed by atoms with van der Waals surface area (Å²) < 4.78 is 12.7. The van der Waals surface area contributed by atoms with Crippen molar-refractivity contribution in [3.05, 3.63) is 46.6 Å². The molecule has 20 heavy (non-hydrogen) atoms. The smallest absolute Gasteiger partial charge is 0.201 e. The maximum atomic E-state index is 12.7. The molecule has 3 aromatic rings. The van der Waals surface area contributed by atoms with Gasteiger partial charge < -0.3 is 14.0 Å². The molecule has 0 aliphatic carbocycles. The fourth-order valence-electron chi connectivity index (χ4n) is 2.67. The normalized spacial score (nSPS) is 10.9. The Morgan fingerprint density at radius 1 is 0.950 bits per heavy atom. The van der Waals surface area contributed by atoms with Crippen LogP contribution in [-0.2, 0) is 7.05 Å². The summed E-state index contributed by atoms with van der Waals surface area (Å²) in [6.07, 6.45) is 0. The van der Waals surface area contributed by atoms with Crippen LogP contribution in [0.1, 0.15) is 0 Å². The Morgan fingerprint density at radius 2 is 1.60 bits per heavy atom. The minimum atomic E-state index is -0.0375. The van der Waals surface area contributed by atoms with E-state index in [4.69, 9.17) is 9.47 Å². The summed E-state index contributed by atoms with van der Waals surface area (Å²) >= 11 is 0. The van der Waals surface area contributed by atoms with Crippen LogP contribution in [0.5, 0.6) is 11.5 Å². The number of methoxy groups -OCH3 is 2. The average molecular weight is 269 g/mol. The molecule has 0 aliphatic heterocycles. The quantitative estimate of drug-likeness (QED) is 0.672. The Bertz CT molecular complexity index is 865. The van der Waals surface area contributed by atoms with Crippen molar-refractivity contribution in [2.45, 2.75) is 0 Å². The Balaban J connectivity index is 2.65. The van der Waals surface area contributed by atoms with Gasteiger partial charge in [0, 0.05) is 7.05 Å². The summed E-state index contributed by atoms with van der Waals surface area (Å²) in [4.78, 5) is 12.7. The topological polar surface area (TPSA) is 40.5 Å². The number of benzene rings is 2. The van der Waals surface area contributed by atoms with Crippen LogP contribution in [0.2, 0.25) is 0 Å². The number of hydrogen-bond acceptors (Lipinski definition) is 3. The van der Waals surface area contributed by atoms with E-state index in [2.05, 4.69) is 0 Å². The highest BCUT2D eigenvalue weighted by Crippen LogP contribution is 2.29. The standard InChI is InChI=1S/C16H15NO3/c1-17-11-7-5-8-12(19-2)14(11)16(18)10-6-4-9-13(20-3)15(10)17/h4-9H,1-3H3. The van der Waals surface area contributed by atoms with Gasteiger partial charge in [-0.2, -0.15) is 0 Å². The first kappa shape index (κ1) is 12.5. The van der Waals surface area contributed by atoms with Crippen molar-refractivity contribution in [2.75, 3.05) is 14.2 Å². The summed E-state index contributed by atoms with van der Waals surface area (Å²) in [5.41, 5.74) is 1.58. The first-order chi connectivity index (χ1) is 9.69. The Hall–Kier alpha value is -2.49. The third-order valence-electron chi connectivity index (χ3n) is 3.61. The van der Waals surface area contributed by atoms with Crippen molar-refractivity contribution >= 4 is 21.8 Å². The molecular weight excluding hydrogens is 254 g/mol. The van der Waals surface area contributed by atoms with E-state index >= 15 is 0 Å². The predicted molar refractivity (Wildman–Crippen MR) is 79.8 cm³/mol. The molecule has 4 nitrogen and oxygen atoms in total. The van der Waals surface area contributed by atoms with Gasteiger partial charge in [-0.1, -0.05) is 12.1 Å². The second-order valence-corrected chi connectivity index (χ2v) is 4.60. The summed E-state index contributed by atoms with van der Waals surface area (Å²) in [7, 11) is 5.10. The van der Waals surface area contributed by atoms with Crippen LogP contribution in [0.4, 0.5) is 0 Å². The van der Waals surface area contributed by atoms with Gasteiger partial charge in [-0.15, -0.1) is 0 Å². The lowest BCUT2D eigenvalue weighted by molar-refractivity contribution is 0.417. The van der Waals surface area contributed by atoms with Crippen molar-refractivity contribution in [3.63, 3.8) is 0 Å². The highest BCUT2D eigenvalue weighted by molar-refractivity contribution is 5.98. The molecule has 0 unspecified atom stereocenters. The van der Waals surface area contributed by atoms with E-state index in [1.807, 2.05) is 41.9 Å². The molecule has 1 heterocycles. The molecule has 0 saturated carbocycles. The van der Waals surface area contributed by atoms with Gasteiger partial charge in [0.15, 0.2) is 0 Å². The summed E-state index contributed by atoms with van der Waals surface area (Å²) in [5.74, 6) is 1.28. The van der Waals surface area contributed by atoms with Crippen molar-refractivity contribution in [2.24, 2.45) is 7.05 Å². The fourth-order valence-corrected chi connectivity index (χ4v) is 2.67. The molecule has 0 spiro atoms. The molecule has 1 aromatic heterocycles. The van der Waals surface area contributed by atoms with E-state index in [1.165, 1.54) is 0 Å². The second kappa shape index (κ2) is 4.56. The lowest BCUT2D eigenvalue weighted by Crippen LogP contribution is -2.11. The number of hydrogen-bond donors (Lipinski definition) is 0. The monoisotopic (exact) mass is 269 g/mol. The first-order valence-corrected chi connectivity index (χ1v) is 6.31. The van der Waals surface area contributed by atoms with Gasteiger partial charge in [-0.3, -0.25) is 4.79 Å². The van der Waals surface area contributed by atoms with Crippen LogP contribution >= 0.6 is 0 Å². The van der Waals surface area contributed by atoms with Crippen LogP contribution in [0.15, 0.2) is 41.2 Å². The largest absolute Gasteiger partial charge is 0.496 e. The van der Waals surface area contributed by atoms with E-state index in [1.54, 1.807) is 20.3 Å². The average Bonchev–Trinajstić information content (AvgIpc) is 2.50. The molecule has 3 rings (SSSR count). The van der Waals surface area contributed by atoms with E-state index in [-0.39, 0.29) is 5.43 Å². The lowest BCUT2D eigenvalue weighted by atomic mass is 10.1. The number of fused-ring (bicyclic) bond motifs is 2. The SMILES string of the molecule is COc1cccc2c1c(=O)c1cccc(OC)c1n2C. The third-order valence-corrected chi connectivity index (χ3v) is 3.61. The molecule has 0 N–H and O–H groups in total. The highest BCUT2D eigenvalue weighted by atomic mass is 16.5. The van der Waals surface area contributed by atoms with Crippen LogP contribution in [0.25, 0.3) is 21.8 Å². The first-order valence-electron chi connectivity index (χ1n) is 6.31. The van der Waals surface area contributed by atoms with Crippen LogP contribution in [-0.4, -0.2) is 18.8 Å². The molecule has 4 heteroatoms. The maximum Gasteiger partial charge on any atom is 0.201 e. The van der Waals surface area contributed by atoms with Gasteiger partial charge >= 0.3 is 0 Å². The summed E-state index contributed by atoms with van der Waals surface area (Å²) in [5, 5.41) is 1.22. The number of nitrogens with zero attached hydrogens (tertiary/aromatic N) is 1. The second-order valence-electron chi connectivity index (χ2n) is 4.60. The summed E-state index contributed by atoms with van der Waals surface area (Å²) in [6, 6.07) is 11.1. The predicted octanol–water partition coefficient (Wildman–Crippen LogP) is 2.71. The molecule has 0 saturated heterocycles. The van der Waals surface area contributed by atoms with E-state index < -0.39 is 0 Å². The number of aromatic nitrogens is 1. The Labute approximate surface area is 116 Å². The van der Waals surface area contributed by atoms with Gasteiger partial charge in [0.05, 0.1) is 36.0 Å². The minimum Gasteiger partial charge on any atom is -0.496 e. The molecule has 0 atom stereocenters. The van der Waals surface area contributed by atoms with E-state index in [0.29, 0.717) is 22.3 Å². The van der Waals surface area contributed by atoms with Gasteiger partial charge in [-0.25, -0.2) is 0 Å². The van der Waals surface area contributed by atoms with Crippen LogP contribution in [0, 0.1) is 0 Å². The molecule has 2 aromatic carbocycles. The molecule has 0 radical (unpaired) electrons. The van der Waals surface area contributed by atoms with Gasteiger partial charge in [0.25, 0.3) is 0 Å². The van der Waals surface area contributed by atoms with E-state index in [0.717, 1.165) is 11.0 Å². The third kappa shape index (κ3) is 1.58. The molecule has 0 bridgehead atoms. The highest BCUT2D eigenvalue weighted by Gasteiger charge is 2.14. The van der Waals surface area contributed by atoms with Crippen LogP contribution < -0.4 is 14.9 Å². The fraction of sp³-hybridized carbons (Fsp3) is 0.188. The van der Waals surface area contributed by atoms with Crippen LogP contribution in [0.3, 0.4) is 0 Å².